The molecule has 3 aliphatic heterocycles. The lowest BCUT2D eigenvalue weighted by atomic mass is 9.88. The monoisotopic (exact) mass is 789 g/mol. The van der Waals surface area contributed by atoms with Gasteiger partial charge in [-0.3, -0.25) is 14.6 Å². The first-order valence-electron chi connectivity index (χ1n) is 19.5. The van der Waals surface area contributed by atoms with E-state index in [1.807, 2.05) is 36.4 Å². The van der Waals surface area contributed by atoms with E-state index in [0.29, 0.717) is 58.2 Å². The zero-order chi connectivity index (χ0) is 38.3. The summed E-state index contributed by atoms with van der Waals surface area (Å²) in [4.78, 5) is 21.1. The van der Waals surface area contributed by atoms with E-state index < -0.39 is 0 Å². The second-order valence-electron chi connectivity index (χ2n) is 16.1. The number of aliphatic hydroxyl groups excluding tert-OH is 1. The number of aliphatic hydroxyl groups is 1. The van der Waals surface area contributed by atoms with Crippen LogP contribution in [0.3, 0.4) is 0 Å². The predicted octanol–water partition coefficient (Wildman–Crippen LogP) is 7.93. The van der Waals surface area contributed by atoms with Crippen LogP contribution in [-0.4, -0.2) is 70.7 Å². The summed E-state index contributed by atoms with van der Waals surface area (Å²) >= 11 is 14.1. The number of nitriles is 1. The average molecular weight is 791 g/mol. The number of likely N-dealkylation sites (tertiary alicyclic amines) is 2. The Morgan fingerprint density at radius 3 is 2.57 bits per heavy atom. The Morgan fingerprint density at radius 2 is 1.80 bits per heavy atom. The van der Waals surface area contributed by atoms with Gasteiger partial charge in [-0.05, 0) is 90.6 Å². The van der Waals surface area contributed by atoms with Crippen molar-refractivity contribution in [2.45, 2.75) is 75.3 Å². The number of aromatic nitrogens is 1. The van der Waals surface area contributed by atoms with Gasteiger partial charge >= 0.3 is 0 Å². The molecule has 3 fully saturated rings. The molecule has 0 unspecified atom stereocenters. The number of furan rings is 1. The summed E-state index contributed by atoms with van der Waals surface area (Å²) in [6.45, 7) is 3.72. The molecule has 56 heavy (non-hydrogen) atoms. The molecule has 1 spiro atoms. The average Bonchev–Trinajstić information content (AvgIpc) is 4.03. The predicted molar refractivity (Wildman–Crippen MR) is 213 cm³/mol. The van der Waals surface area contributed by atoms with Crippen molar-refractivity contribution < 1.29 is 23.8 Å². The first-order chi connectivity index (χ1) is 27.2. The first-order valence-corrected chi connectivity index (χ1v) is 20.2. The van der Waals surface area contributed by atoms with Crippen molar-refractivity contribution in [1.29, 1.82) is 5.26 Å². The Kier molecular flexibility index (Phi) is 8.80. The number of hydrogen-bond acceptors (Lipinski definition) is 9. The van der Waals surface area contributed by atoms with E-state index in [1.54, 1.807) is 7.11 Å². The van der Waals surface area contributed by atoms with Crippen molar-refractivity contribution >= 4 is 40.1 Å². The smallest absolute Gasteiger partial charge is 0.236 e. The molecule has 5 heterocycles. The van der Waals surface area contributed by atoms with Crippen LogP contribution in [0, 0.1) is 11.3 Å². The molecule has 0 bridgehead atoms. The first kappa shape index (κ1) is 35.8. The minimum atomic E-state index is -0.297. The van der Waals surface area contributed by atoms with Crippen molar-refractivity contribution in [2.75, 3.05) is 33.3 Å². The van der Waals surface area contributed by atoms with E-state index in [2.05, 4.69) is 39.4 Å². The summed E-state index contributed by atoms with van der Waals surface area (Å²) in [5.74, 6) is 1.54. The Bertz CT molecular complexity index is 2470. The fourth-order valence-corrected chi connectivity index (χ4v) is 10.6. The number of amides is 1. The highest BCUT2D eigenvalue weighted by molar-refractivity contribution is 6.36. The molecule has 0 saturated carbocycles. The van der Waals surface area contributed by atoms with Crippen LogP contribution in [0.1, 0.15) is 77.6 Å². The number of fused-ring (bicyclic) bond motifs is 3. The van der Waals surface area contributed by atoms with E-state index in [4.69, 9.17) is 42.1 Å². The second-order valence-corrected chi connectivity index (χ2v) is 16.8. The largest absolute Gasteiger partial charge is 0.481 e. The topological polar surface area (TPSA) is 124 Å². The van der Waals surface area contributed by atoms with Crippen LogP contribution in [0.15, 0.2) is 59.0 Å². The maximum atomic E-state index is 11.8. The van der Waals surface area contributed by atoms with E-state index >= 15 is 0 Å². The third-order valence-corrected chi connectivity index (χ3v) is 13.3. The van der Waals surface area contributed by atoms with Crippen LogP contribution >= 0.6 is 23.2 Å². The third kappa shape index (κ3) is 5.95. The van der Waals surface area contributed by atoms with Crippen LogP contribution in [0.4, 0.5) is 0 Å². The van der Waals surface area contributed by atoms with Gasteiger partial charge in [0.05, 0.1) is 29.3 Å². The SMILES string of the molecule is COc1nc(O[C@H]2CCc3c(-c4cccc(-c5cc6cc7c(c(C#N)c6o5)CC[C@H]7N5CC[C@@H](O)C5)c4Cl)cccc32)c(Cl)cc1CN1CC2(CCC(=O)N2)C1. The molecule has 5 aliphatic rings. The molecule has 3 aromatic carbocycles. The number of carbonyl (C=O) groups excluding carboxylic acids is 1. The van der Waals surface area contributed by atoms with E-state index in [9.17, 15) is 15.2 Å². The Labute approximate surface area is 334 Å². The minimum absolute atomic E-state index is 0.106. The molecule has 286 valence electrons. The van der Waals surface area contributed by atoms with Gasteiger partial charge in [-0.2, -0.15) is 10.2 Å². The molecule has 2 aromatic heterocycles. The molecule has 10 rings (SSSR count). The summed E-state index contributed by atoms with van der Waals surface area (Å²) in [7, 11) is 1.60. The summed E-state index contributed by atoms with van der Waals surface area (Å²) in [6.07, 6.45) is 4.95. The number of methoxy groups -OCH3 is 1. The van der Waals surface area contributed by atoms with Gasteiger partial charge in [-0.1, -0.05) is 53.5 Å². The Morgan fingerprint density at radius 1 is 1.00 bits per heavy atom. The number of nitrogens with zero attached hydrogens (tertiary/aromatic N) is 4. The number of benzene rings is 3. The van der Waals surface area contributed by atoms with Gasteiger partial charge < -0.3 is 24.3 Å². The highest BCUT2D eigenvalue weighted by atomic mass is 35.5. The highest BCUT2D eigenvalue weighted by Gasteiger charge is 2.47. The summed E-state index contributed by atoms with van der Waals surface area (Å²) in [6, 6.07) is 20.9. The lowest BCUT2D eigenvalue weighted by Gasteiger charge is -2.48. The van der Waals surface area contributed by atoms with Crippen molar-refractivity contribution in [3.05, 3.63) is 98.0 Å². The van der Waals surface area contributed by atoms with Gasteiger partial charge in [0, 0.05) is 67.3 Å². The zero-order valence-electron chi connectivity index (χ0n) is 31.0. The molecule has 3 atom stereocenters. The van der Waals surface area contributed by atoms with E-state index in [-0.39, 0.29) is 29.7 Å². The van der Waals surface area contributed by atoms with Crippen LogP contribution < -0.4 is 14.8 Å². The molecular weight excluding hydrogens is 749 g/mol. The van der Waals surface area contributed by atoms with Crippen LogP contribution in [0.25, 0.3) is 33.4 Å². The number of halogens is 2. The lowest BCUT2D eigenvalue weighted by molar-refractivity contribution is -0.120. The number of ether oxygens (including phenoxy) is 2. The quantitative estimate of drug-likeness (QED) is 0.161. The van der Waals surface area contributed by atoms with Gasteiger partial charge in [-0.25, -0.2) is 0 Å². The molecule has 12 heteroatoms. The van der Waals surface area contributed by atoms with Crippen molar-refractivity contribution in [2.24, 2.45) is 0 Å². The Balaban J connectivity index is 0.911. The van der Waals surface area contributed by atoms with E-state index in [1.165, 1.54) is 5.56 Å². The van der Waals surface area contributed by atoms with Gasteiger partial charge in [0.15, 0.2) is 5.58 Å². The second kappa shape index (κ2) is 13.8. The van der Waals surface area contributed by atoms with Crippen LogP contribution in [0.5, 0.6) is 11.8 Å². The fourth-order valence-electron chi connectivity index (χ4n) is 10.0. The number of nitrogens with one attached hydrogen (secondary N) is 1. The summed E-state index contributed by atoms with van der Waals surface area (Å²) in [5, 5.41) is 25.6. The third-order valence-electron chi connectivity index (χ3n) is 12.6. The van der Waals surface area contributed by atoms with Gasteiger partial charge in [0.1, 0.15) is 23.0 Å². The number of carbonyl (C=O) groups is 1. The maximum absolute atomic E-state index is 11.8. The number of pyridine rings is 1. The van der Waals surface area contributed by atoms with Crippen molar-refractivity contribution in [3.8, 4) is 40.3 Å². The minimum Gasteiger partial charge on any atom is -0.481 e. The number of β-amino-alcohol motifs (C(OH)–C–C–N with tert-alkyl or cyclic N) is 1. The molecule has 10 nitrogen and oxygen atoms in total. The van der Waals surface area contributed by atoms with Gasteiger partial charge in [-0.15, -0.1) is 0 Å². The van der Waals surface area contributed by atoms with Crippen molar-refractivity contribution in [1.82, 2.24) is 20.1 Å². The molecule has 2 N–H and O–H groups in total. The molecule has 3 saturated heterocycles. The lowest BCUT2D eigenvalue weighted by Crippen LogP contribution is -2.66. The molecule has 5 aromatic rings. The zero-order valence-corrected chi connectivity index (χ0v) is 32.6. The maximum Gasteiger partial charge on any atom is 0.236 e. The van der Waals surface area contributed by atoms with Crippen LogP contribution in [-0.2, 0) is 24.2 Å². The number of hydrogen-bond donors (Lipinski definition) is 2. The Hall–Kier alpha value is -4.63. The molecule has 0 radical (unpaired) electrons. The number of rotatable bonds is 8. The summed E-state index contributed by atoms with van der Waals surface area (Å²) in [5.41, 5.74) is 9.08. The molecule has 2 aliphatic carbocycles. The highest BCUT2D eigenvalue weighted by Crippen LogP contribution is 2.47. The van der Waals surface area contributed by atoms with Gasteiger partial charge in [0.25, 0.3) is 0 Å². The standard InChI is InChI=1S/C44H41Cl2N5O5/c1-54-42-25(20-50-22-44(23-50)14-12-39(53)49-44)17-35(45)43(48-42)56-37-11-9-28-27(4-2-5-30(28)37)31-6-3-7-32(40(31)46)38-18-24-16-33-29(34(19-47)41(24)55-38)8-10-36(33)51-15-13-26(52)21-51/h2-7,16-18,26,36-37,52H,8-15,20-23H2,1H3,(H,49,53)/t26-,36-,37+/m1/s1. The van der Waals surface area contributed by atoms with Crippen LogP contribution in [0.2, 0.25) is 10.0 Å². The van der Waals surface area contributed by atoms with Crippen molar-refractivity contribution in [3.63, 3.8) is 0 Å². The molecular formula is C44H41Cl2N5O5. The fraction of sp³-hybridized carbons (Fsp3) is 0.386. The molecule has 1 amide bonds. The van der Waals surface area contributed by atoms with Gasteiger partial charge in [0.2, 0.25) is 17.7 Å². The summed E-state index contributed by atoms with van der Waals surface area (Å²) < 4.78 is 18.7. The normalized spacial score (nSPS) is 22.6. The van der Waals surface area contributed by atoms with E-state index in [0.717, 1.165) is 102 Å².